The van der Waals surface area contributed by atoms with Crippen molar-refractivity contribution in [2.75, 3.05) is 12.4 Å². The molecule has 0 aliphatic carbocycles. The predicted molar refractivity (Wildman–Crippen MR) is 91.8 cm³/mol. The molecule has 0 radical (unpaired) electrons. The lowest BCUT2D eigenvalue weighted by Gasteiger charge is -2.25. The molecule has 1 aromatic heterocycles. The first-order valence-electron chi connectivity index (χ1n) is 7.31. The summed E-state index contributed by atoms with van der Waals surface area (Å²) in [5.74, 6) is 0.554. The van der Waals surface area contributed by atoms with E-state index >= 15 is 0 Å². The highest BCUT2D eigenvalue weighted by atomic mass is 32.1. The SMILES string of the molecule is COc1cccc(Cc2nnc(NC(=O)[C@@H](N)C(C)(C)C)s2)c1. The van der Waals surface area contributed by atoms with Crippen molar-refractivity contribution in [1.82, 2.24) is 10.2 Å². The number of carbonyl (C=O) groups excluding carboxylic acids is 1. The Hall–Kier alpha value is -1.99. The first kappa shape index (κ1) is 17.4. The summed E-state index contributed by atoms with van der Waals surface area (Å²) in [5, 5.41) is 12.1. The number of ether oxygens (including phenoxy) is 1. The standard InChI is InChI=1S/C16H22N4O2S/c1-16(2,3)13(17)14(21)18-15-20-19-12(23-15)9-10-6-5-7-11(8-10)22-4/h5-8,13H,9,17H2,1-4H3,(H,18,20,21)/t13-/m1/s1. The van der Waals surface area contributed by atoms with Gasteiger partial charge in [-0.2, -0.15) is 0 Å². The average molecular weight is 334 g/mol. The minimum Gasteiger partial charge on any atom is -0.497 e. The van der Waals surface area contributed by atoms with Crippen molar-refractivity contribution in [3.8, 4) is 5.75 Å². The highest BCUT2D eigenvalue weighted by Crippen LogP contribution is 2.23. The number of rotatable bonds is 5. The van der Waals surface area contributed by atoms with Crippen molar-refractivity contribution in [1.29, 1.82) is 0 Å². The number of anilines is 1. The lowest BCUT2D eigenvalue weighted by molar-refractivity contribution is -0.119. The van der Waals surface area contributed by atoms with E-state index in [0.717, 1.165) is 16.3 Å². The van der Waals surface area contributed by atoms with Gasteiger partial charge in [0.05, 0.1) is 13.2 Å². The van der Waals surface area contributed by atoms with Gasteiger partial charge in [0.25, 0.3) is 0 Å². The molecule has 124 valence electrons. The van der Waals surface area contributed by atoms with Gasteiger partial charge in [-0.25, -0.2) is 0 Å². The largest absolute Gasteiger partial charge is 0.497 e. The van der Waals surface area contributed by atoms with Crippen LogP contribution in [0.25, 0.3) is 0 Å². The number of benzene rings is 1. The number of carbonyl (C=O) groups is 1. The van der Waals surface area contributed by atoms with E-state index in [1.54, 1.807) is 7.11 Å². The molecule has 0 unspecified atom stereocenters. The van der Waals surface area contributed by atoms with Crippen LogP contribution in [0.4, 0.5) is 5.13 Å². The van der Waals surface area contributed by atoms with Gasteiger partial charge in [-0.05, 0) is 23.1 Å². The molecule has 3 N–H and O–H groups in total. The summed E-state index contributed by atoms with van der Waals surface area (Å²) in [6, 6.07) is 7.17. The number of nitrogens with zero attached hydrogens (tertiary/aromatic N) is 2. The van der Waals surface area contributed by atoms with Crippen molar-refractivity contribution >= 4 is 22.4 Å². The molecule has 0 aliphatic heterocycles. The van der Waals surface area contributed by atoms with E-state index in [9.17, 15) is 4.79 Å². The lowest BCUT2D eigenvalue weighted by Crippen LogP contribution is -2.45. The van der Waals surface area contributed by atoms with E-state index in [4.69, 9.17) is 10.5 Å². The molecule has 2 rings (SSSR count). The predicted octanol–water partition coefficient (Wildman–Crippen LogP) is 2.45. The molecule has 1 atom stereocenters. The van der Waals surface area contributed by atoms with Gasteiger partial charge in [0.2, 0.25) is 11.0 Å². The Balaban J connectivity index is 2.02. The van der Waals surface area contributed by atoms with Crippen LogP contribution in [0.1, 0.15) is 31.3 Å². The molecule has 0 spiro atoms. The van der Waals surface area contributed by atoms with Crippen LogP contribution >= 0.6 is 11.3 Å². The zero-order chi connectivity index (χ0) is 17.0. The van der Waals surface area contributed by atoms with Crippen molar-refractivity contribution in [3.05, 3.63) is 34.8 Å². The maximum absolute atomic E-state index is 12.1. The van der Waals surface area contributed by atoms with Gasteiger partial charge in [0.1, 0.15) is 10.8 Å². The van der Waals surface area contributed by atoms with E-state index < -0.39 is 6.04 Å². The molecule has 0 fully saturated rings. The van der Waals surface area contributed by atoms with Gasteiger partial charge in [-0.15, -0.1) is 10.2 Å². The zero-order valence-corrected chi connectivity index (χ0v) is 14.6. The number of hydrogen-bond acceptors (Lipinski definition) is 6. The van der Waals surface area contributed by atoms with E-state index in [-0.39, 0.29) is 11.3 Å². The molecule has 1 amide bonds. The second kappa shape index (κ2) is 7.06. The number of amides is 1. The number of hydrogen-bond donors (Lipinski definition) is 2. The second-order valence-electron chi connectivity index (χ2n) is 6.36. The summed E-state index contributed by atoms with van der Waals surface area (Å²) in [6.07, 6.45) is 0.635. The maximum Gasteiger partial charge on any atom is 0.243 e. The Morgan fingerprint density at radius 1 is 1.39 bits per heavy atom. The van der Waals surface area contributed by atoms with Gasteiger partial charge in [-0.3, -0.25) is 10.1 Å². The molecule has 1 heterocycles. The molecule has 0 aliphatic rings. The third-order valence-corrected chi connectivity index (χ3v) is 4.24. The van der Waals surface area contributed by atoms with E-state index in [1.807, 2.05) is 45.0 Å². The van der Waals surface area contributed by atoms with Crippen LogP contribution in [0, 0.1) is 5.41 Å². The fourth-order valence-electron chi connectivity index (χ4n) is 1.91. The van der Waals surface area contributed by atoms with E-state index in [0.29, 0.717) is 11.6 Å². The maximum atomic E-state index is 12.1. The van der Waals surface area contributed by atoms with E-state index in [1.165, 1.54) is 11.3 Å². The molecule has 7 heteroatoms. The van der Waals surface area contributed by atoms with Crippen molar-refractivity contribution in [2.45, 2.75) is 33.2 Å². The fourth-order valence-corrected chi connectivity index (χ4v) is 2.69. The third-order valence-electron chi connectivity index (χ3n) is 3.40. The Morgan fingerprint density at radius 3 is 2.78 bits per heavy atom. The van der Waals surface area contributed by atoms with Crippen molar-refractivity contribution in [3.63, 3.8) is 0 Å². The van der Waals surface area contributed by atoms with Crippen LogP contribution in [-0.4, -0.2) is 29.3 Å². The van der Waals surface area contributed by atoms with Crippen LogP contribution in [0.15, 0.2) is 24.3 Å². The van der Waals surface area contributed by atoms with Crippen LogP contribution in [0.5, 0.6) is 5.75 Å². The van der Waals surface area contributed by atoms with Crippen LogP contribution in [0.3, 0.4) is 0 Å². The molecule has 6 nitrogen and oxygen atoms in total. The third kappa shape index (κ3) is 4.74. The number of methoxy groups -OCH3 is 1. The summed E-state index contributed by atoms with van der Waals surface area (Å²) < 4.78 is 5.21. The van der Waals surface area contributed by atoms with Crippen LogP contribution < -0.4 is 15.8 Å². The molecule has 0 saturated heterocycles. The minimum absolute atomic E-state index is 0.249. The normalized spacial score (nSPS) is 12.7. The molecule has 0 bridgehead atoms. The minimum atomic E-state index is -0.603. The first-order chi connectivity index (χ1) is 10.8. The topological polar surface area (TPSA) is 90.1 Å². The van der Waals surface area contributed by atoms with Gasteiger partial charge < -0.3 is 10.5 Å². The second-order valence-corrected chi connectivity index (χ2v) is 7.42. The number of nitrogens with one attached hydrogen (secondary N) is 1. The molecule has 23 heavy (non-hydrogen) atoms. The number of aromatic nitrogens is 2. The Morgan fingerprint density at radius 2 is 2.13 bits per heavy atom. The molecule has 1 aromatic carbocycles. The Labute approximate surface area is 140 Å². The summed E-state index contributed by atoms with van der Waals surface area (Å²) in [4.78, 5) is 12.1. The highest BCUT2D eigenvalue weighted by molar-refractivity contribution is 7.15. The lowest BCUT2D eigenvalue weighted by atomic mass is 9.87. The monoisotopic (exact) mass is 334 g/mol. The van der Waals surface area contributed by atoms with Crippen molar-refractivity contribution in [2.24, 2.45) is 11.1 Å². The van der Waals surface area contributed by atoms with E-state index in [2.05, 4.69) is 15.5 Å². The zero-order valence-electron chi connectivity index (χ0n) is 13.8. The summed E-state index contributed by atoms with van der Waals surface area (Å²) in [6.45, 7) is 5.77. The molecular weight excluding hydrogens is 312 g/mol. The summed E-state index contributed by atoms with van der Waals surface area (Å²) in [5.41, 5.74) is 6.70. The van der Waals surface area contributed by atoms with Crippen LogP contribution in [-0.2, 0) is 11.2 Å². The molecule has 2 aromatic rings. The Bertz CT molecular complexity index is 679. The fraction of sp³-hybridized carbons (Fsp3) is 0.438. The summed E-state index contributed by atoms with van der Waals surface area (Å²) in [7, 11) is 1.64. The van der Waals surface area contributed by atoms with Gasteiger partial charge in [-0.1, -0.05) is 44.2 Å². The van der Waals surface area contributed by atoms with Gasteiger partial charge in [0, 0.05) is 6.42 Å². The van der Waals surface area contributed by atoms with Crippen LogP contribution in [0.2, 0.25) is 0 Å². The molecular formula is C16H22N4O2S. The number of nitrogens with two attached hydrogens (primary N) is 1. The Kier molecular flexibility index (Phi) is 5.33. The van der Waals surface area contributed by atoms with Crippen molar-refractivity contribution < 1.29 is 9.53 Å². The smallest absolute Gasteiger partial charge is 0.243 e. The van der Waals surface area contributed by atoms with Gasteiger partial charge >= 0.3 is 0 Å². The first-order valence-corrected chi connectivity index (χ1v) is 8.13. The highest BCUT2D eigenvalue weighted by Gasteiger charge is 2.28. The quantitative estimate of drug-likeness (QED) is 0.876. The summed E-state index contributed by atoms with van der Waals surface area (Å²) >= 11 is 1.35. The molecule has 0 saturated carbocycles. The van der Waals surface area contributed by atoms with Gasteiger partial charge in [0.15, 0.2) is 0 Å². The average Bonchev–Trinajstić information content (AvgIpc) is 2.92.